The van der Waals surface area contributed by atoms with Crippen molar-refractivity contribution in [2.45, 2.75) is 25.0 Å². The molecular weight excluding hydrogens is 246 g/mol. The Bertz CT molecular complexity index is 501. The van der Waals surface area contributed by atoms with E-state index in [1.807, 2.05) is 18.2 Å². The highest BCUT2D eigenvalue weighted by molar-refractivity contribution is 5.96. The van der Waals surface area contributed by atoms with Gasteiger partial charge in [-0.3, -0.25) is 9.59 Å². The minimum Gasteiger partial charge on any atom is -0.481 e. The smallest absolute Gasteiger partial charge is 0.310 e. The van der Waals surface area contributed by atoms with E-state index in [4.69, 9.17) is 4.74 Å². The molecule has 2 aliphatic heterocycles. The highest BCUT2D eigenvalue weighted by atomic mass is 16.5. The summed E-state index contributed by atoms with van der Waals surface area (Å²) in [6, 6.07) is 9.06. The van der Waals surface area contributed by atoms with E-state index in [-0.39, 0.29) is 18.1 Å². The molecule has 100 valence electrons. The van der Waals surface area contributed by atoms with Crippen LogP contribution in [0.15, 0.2) is 30.3 Å². The van der Waals surface area contributed by atoms with E-state index in [0.717, 1.165) is 12.8 Å². The van der Waals surface area contributed by atoms with Crippen LogP contribution >= 0.6 is 0 Å². The number of carboxylic acid groups (broad SMARTS) is 1. The fraction of sp³-hybridized carbons (Fsp3) is 0.429. The van der Waals surface area contributed by atoms with Gasteiger partial charge >= 0.3 is 5.97 Å². The molecule has 2 bridgehead atoms. The minimum atomic E-state index is -0.944. The molecule has 0 saturated carbocycles. The second-order valence-electron chi connectivity index (χ2n) is 5.04. The van der Waals surface area contributed by atoms with Gasteiger partial charge in [0.15, 0.2) is 0 Å². The van der Waals surface area contributed by atoms with Gasteiger partial charge in [0.25, 0.3) is 0 Å². The van der Waals surface area contributed by atoms with Gasteiger partial charge in [-0.1, -0.05) is 18.2 Å². The zero-order chi connectivity index (χ0) is 13.4. The van der Waals surface area contributed by atoms with Crippen molar-refractivity contribution in [3.05, 3.63) is 30.3 Å². The summed E-state index contributed by atoms with van der Waals surface area (Å²) in [4.78, 5) is 23.6. The number of carboxylic acids is 1. The Balaban J connectivity index is 1.77. The number of aliphatic carboxylic acids is 1. The number of para-hydroxylation sites is 1. The number of fused-ring (bicyclic) bond motifs is 2. The number of hydrogen-bond acceptors (Lipinski definition) is 3. The second-order valence-corrected chi connectivity index (χ2v) is 5.04. The van der Waals surface area contributed by atoms with Crippen molar-refractivity contribution in [2.24, 2.45) is 11.8 Å². The van der Waals surface area contributed by atoms with Gasteiger partial charge in [-0.2, -0.15) is 0 Å². The first-order valence-electron chi connectivity index (χ1n) is 6.41. The molecule has 1 amide bonds. The Hall–Kier alpha value is -1.88. The zero-order valence-corrected chi connectivity index (χ0v) is 10.3. The van der Waals surface area contributed by atoms with Crippen LogP contribution in [0, 0.1) is 11.8 Å². The molecule has 2 saturated heterocycles. The molecule has 3 rings (SSSR count). The van der Waals surface area contributed by atoms with Gasteiger partial charge in [0, 0.05) is 5.69 Å². The highest BCUT2D eigenvalue weighted by Crippen LogP contribution is 2.44. The summed E-state index contributed by atoms with van der Waals surface area (Å²) in [5.74, 6) is -2.51. The summed E-state index contributed by atoms with van der Waals surface area (Å²) >= 11 is 0. The van der Waals surface area contributed by atoms with E-state index in [1.54, 1.807) is 12.1 Å². The van der Waals surface area contributed by atoms with Gasteiger partial charge in [-0.25, -0.2) is 0 Å². The fourth-order valence-electron chi connectivity index (χ4n) is 3.07. The standard InChI is InChI=1S/C14H15NO4/c16-13(15-8-4-2-1-3-5-8)11-9-6-7-10(19-9)12(11)14(17)18/h1-5,9-12H,6-7H2,(H,15,16)(H,17,18)/t9-,10-,11-,12-/m0/s1. The quantitative estimate of drug-likeness (QED) is 0.864. The number of amides is 1. The lowest BCUT2D eigenvalue weighted by Crippen LogP contribution is -2.40. The van der Waals surface area contributed by atoms with Gasteiger partial charge in [0.2, 0.25) is 5.91 Å². The number of anilines is 1. The molecule has 2 heterocycles. The number of ether oxygens (including phenoxy) is 1. The number of hydrogen-bond donors (Lipinski definition) is 2. The third kappa shape index (κ3) is 2.10. The third-order valence-corrected chi connectivity index (χ3v) is 3.90. The van der Waals surface area contributed by atoms with Crippen molar-refractivity contribution in [1.29, 1.82) is 0 Å². The first-order valence-corrected chi connectivity index (χ1v) is 6.41. The summed E-state index contributed by atoms with van der Waals surface area (Å²) in [5.41, 5.74) is 0.680. The molecule has 0 aromatic heterocycles. The molecule has 19 heavy (non-hydrogen) atoms. The number of carbonyl (C=O) groups excluding carboxylic acids is 1. The van der Waals surface area contributed by atoms with Crippen LogP contribution in [0.1, 0.15) is 12.8 Å². The van der Waals surface area contributed by atoms with Gasteiger partial charge in [-0.15, -0.1) is 0 Å². The lowest BCUT2D eigenvalue weighted by atomic mass is 9.78. The molecule has 0 aliphatic carbocycles. The molecule has 0 radical (unpaired) electrons. The summed E-state index contributed by atoms with van der Waals surface area (Å²) in [5, 5.41) is 12.0. The van der Waals surface area contributed by atoms with Crippen molar-refractivity contribution in [2.75, 3.05) is 5.32 Å². The molecule has 0 spiro atoms. The summed E-state index contributed by atoms with van der Waals surface area (Å²) < 4.78 is 5.58. The SMILES string of the molecule is O=C(O)[C@@H]1[C@@H](C(=O)Nc2ccccc2)[C@@H]2CC[C@@H]1O2. The fourth-order valence-corrected chi connectivity index (χ4v) is 3.07. The Morgan fingerprint density at radius 3 is 2.37 bits per heavy atom. The van der Waals surface area contributed by atoms with Gasteiger partial charge in [0.1, 0.15) is 0 Å². The van der Waals surface area contributed by atoms with Crippen LogP contribution in [-0.4, -0.2) is 29.2 Å². The average Bonchev–Trinajstić information content (AvgIpc) is 2.99. The van der Waals surface area contributed by atoms with Crippen LogP contribution in [0.4, 0.5) is 5.69 Å². The van der Waals surface area contributed by atoms with Crippen LogP contribution in [0.3, 0.4) is 0 Å². The normalized spacial score (nSPS) is 32.2. The maximum Gasteiger partial charge on any atom is 0.310 e. The van der Waals surface area contributed by atoms with E-state index in [2.05, 4.69) is 5.32 Å². The van der Waals surface area contributed by atoms with Crippen molar-refractivity contribution in [3.63, 3.8) is 0 Å². The third-order valence-electron chi connectivity index (χ3n) is 3.90. The van der Waals surface area contributed by atoms with Crippen molar-refractivity contribution >= 4 is 17.6 Å². The average molecular weight is 261 g/mol. The van der Waals surface area contributed by atoms with Crippen molar-refractivity contribution in [3.8, 4) is 0 Å². The monoisotopic (exact) mass is 261 g/mol. The van der Waals surface area contributed by atoms with Crippen molar-refractivity contribution < 1.29 is 19.4 Å². The number of nitrogens with one attached hydrogen (secondary N) is 1. The molecule has 2 N–H and O–H groups in total. The molecule has 4 atom stereocenters. The Kier molecular flexibility index (Phi) is 2.98. The predicted molar refractivity (Wildman–Crippen MR) is 67.6 cm³/mol. The molecule has 5 nitrogen and oxygen atoms in total. The zero-order valence-electron chi connectivity index (χ0n) is 10.3. The Morgan fingerprint density at radius 2 is 1.74 bits per heavy atom. The van der Waals surface area contributed by atoms with Crippen LogP contribution in [0.2, 0.25) is 0 Å². The Labute approximate surface area is 110 Å². The summed E-state index contributed by atoms with van der Waals surface area (Å²) in [6.07, 6.45) is 0.932. The van der Waals surface area contributed by atoms with Gasteiger partial charge in [-0.05, 0) is 25.0 Å². The summed E-state index contributed by atoms with van der Waals surface area (Å²) in [7, 11) is 0. The van der Waals surface area contributed by atoms with E-state index in [0.29, 0.717) is 5.69 Å². The maximum atomic E-state index is 12.3. The molecule has 1 aromatic rings. The van der Waals surface area contributed by atoms with Gasteiger partial charge in [0.05, 0.1) is 24.0 Å². The highest BCUT2D eigenvalue weighted by Gasteiger charge is 2.55. The van der Waals surface area contributed by atoms with Crippen LogP contribution in [0.25, 0.3) is 0 Å². The van der Waals surface area contributed by atoms with Crippen molar-refractivity contribution in [1.82, 2.24) is 0 Å². The second kappa shape index (κ2) is 4.66. The topological polar surface area (TPSA) is 75.6 Å². The predicted octanol–water partition coefficient (Wildman–Crippen LogP) is 1.50. The Morgan fingerprint density at radius 1 is 1.11 bits per heavy atom. The first-order chi connectivity index (χ1) is 9.16. The molecule has 1 aromatic carbocycles. The molecule has 2 aliphatic rings. The molecule has 2 fully saturated rings. The number of rotatable bonds is 3. The first kappa shape index (κ1) is 12.2. The molecular formula is C14H15NO4. The van der Waals surface area contributed by atoms with Gasteiger partial charge < -0.3 is 15.2 Å². The molecule has 0 unspecified atom stereocenters. The number of benzene rings is 1. The lowest BCUT2D eigenvalue weighted by molar-refractivity contribution is -0.147. The molecule has 5 heteroatoms. The lowest BCUT2D eigenvalue weighted by Gasteiger charge is -2.23. The largest absolute Gasteiger partial charge is 0.481 e. The van der Waals surface area contributed by atoms with Crippen LogP contribution in [0.5, 0.6) is 0 Å². The van der Waals surface area contributed by atoms with E-state index in [9.17, 15) is 14.7 Å². The summed E-state index contributed by atoms with van der Waals surface area (Å²) in [6.45, 7) is 0. The minimum absolute atomic E-state index is 0.255. The van der Waals surface area contributed by atoms with Crippen LogP contribution in [-0.2, 0) is 14.3 Å². The van der Waals surface area contributed by atoms with E-state index >= 15 is 0 Å². The maximum absolute atomic E-state index is 12.3. The van der Waals surface area contributed by atoms with E-state index in [1.165, 1.54) is 0 Å². The van der Waals surface area contributed by atoms with E-state index < -0.39 is 17.8 Å². The number of carbonyl (C=O) groups is 2. The van der Waals surface area contributed by atoms with Crippen LogP contribution < -0.4 is 5.32 Å².